The maximum absolute atomic E-state index is 5.87. The molecule has 1 aromatic heterocycles. The summed E-state index contributed by atoms with van der Waals surface area (Å²) in [7, 11) is 0. The number of nitrogens with zero attached hydrogens (tertiary/aromatic N) is 3. The highest BCUT2D eigenvalue weighted by Crippen LogP contribution is 2.27. The minimum absolute atomic E-state index is 0.802. The first-order valence-corrected chi connectivity index (χ1v) is 15.8. The Bertz CT molecular complexity index is 462. The molecule has 0 unspecified atom stereocenters. The topological polar surface area (TPSA) is 29.6 Å². The van der Waals surface area contributed by atoms with Crippen LogP contribution in [0.5, 0.6) is 0 Å². The number of azo groups is 1. The fourth-order valence-corrected chi connectivity index (χ4v) is 4.91. The van der Waals surface area contributed by atoms with Crippen LogP contribution in [0.25, 0.3) is 0 Å². The summed E-state index contributed by atoms with van der Waals surface area (Å²) >= 11 is 17.6. The van der Waals surface area contributed by atoms with Crippen LogP contribution in [0.3, 0.4) is 0 Å². The molecule has 0 spiro atoms. The third-order valence-corrected chi connectivity index (χ3v) is 7.28. The molecule has 0 fully saturated rings. The van der Waals surface area contributed by atoms with Gasteiger partial charge in [0.05, 0.1) is 13.1 Å². The Morgan fingerprint density at radius 1 is 0.593 bits per heavy atom. The van der Waals surface area contributed by atoms with Gasteiger partial charge in [0.25, 0.3) is 0 Å². The largest absolute Gasteiger partial charge is 0.354 e. The van der Waals surface area contributed by atoms with Crippen molar-refractivity contribution in [3.8, 4) is 0 Å². The van der Waals surface area contributed by atoms with Crippen molar-refractivity contribution in [3.05, 3.63) is 24.5 Å². The molecule has 0 aliphatic rings. The maximum atomic E-state index is 5.87. The second-order valence-corrected chi connectivity index (χ2v) is 16.5. The molecule has 1 aromatic rings. The van der Waals surface area contributed by atoms with Gasteiger partial charge < -0.3 is 4.57 Å². The smallest absolute Gasteiger partial charge is 0.341 e. The van der Waals surface area contributed by atoms with E-state index in [-0.39, 0.29) is 0 Å². The van der Waals surface area contributed by atoms with Crippen molar-refractivity contribution in [3.63, 3.8) is 0 Å². The van der Waals surface area contributed by atoms with Gasteiger partial charge in [-0.3, -0.25) is 0 Å². The van der Waals surface area contributed by atoms with Crippen LogP contribution < -0.4 is 0 Å². The molecule has 7 heteroatoms. The quantitative estimate of drug-likeness (QED) is 0.0927. The highest BCUT2D eigenvalue weighted by molar-refractivity contribution is 7.64. The summed E-state index contributed by atoms with van der Waals surface area (Å²) in [5, 5.41) is 8.60. The highest BCUT2D eigenvalue weighted by Gasteiger charge is 2.23. The number of unbranched alkanes of at least 4 members (excludes halogenated alkanes) is 10. The lowest BCUT2D eigenvalue weighted by Crippen LogP contribution is -2.07. The zero-order chi connectivity index (χ0) is 19.6. The molecule has 0 N–H and O–H groups in total. The molecule has 156 valence electrons. The summed E-state index contributed by atoms with van der Waals surface area (Å²) in [6.07, 6.45) is 19.1. The number of rotatable bonds is 18. The highest BCUT2D eigenvalue weighted by atomic mass is 35.8. The lowest BCUT2D eigenvalue weighted by atomic mass is 10.1. The third kappa shape index (κ3) is 17.8. The SMILES string of the molecule is Cl[Si](Cl)(Cl)CCCCCCCCCCN=NCCCCCCn1cccc1. The van der Waals surface area contributed by atoms with Crippen LogP contribution in [0.2, 0.25) is 6.04 Å². The van der Waals surface area contributed by atoms with Gasteiger partial charge >= 0.3 is 6.00 Å². The minimum atomic E-state index is -2.38. The second-order valence-electron chi connectivity index (χ2n) is 7.26. The van der Waals surface area contributed by atoms with Gasteiger partial charge in [0.1, 0.15) is 0 Å². The molecular weight excluding hydrogens is 417 g/mol. The van der Waals surface area contributed by atoms with Crippen molar-refractivity contribution >= 4 is 39.2 Å². The zero-order valence-corrected chi connectivity index (χ0v) is 19.9. The first-order chi connectivity index (χ1) is 13.1. The first-order valence-electron chi connectivity index (χ1n) is 10.6. The van der Waals surface area contributed by atoms with E-state index in [0.29, 0.717) is 0 Å². The Morgan fingerprint density at radius 3 is 1.56 bits per heavy atom. The first kappa shape index (κ1) is 25.0. The molecule has 3 nitrogen and oxygen atoms in total. The molecule has 0 aliphatic heterocycles. The predicted molar refractivity (Wildman–Crippen MR) is 123 cm³/mol. The van der Waals surface area contributed by atoms with E-state index in [0.717, 1.165) is 38.5 Å². The van der Waals surface area contributed by atoms with E-state index in [9.17, 15) is 0 Å². The molecule has 0 radical (unpaired) electrons. The summed E-state index contributed by atoms with van der Waals surface area (Å²) < 4.78 is 2.24. The Morgan fingerprint density at radius 2 is 1.04 bits per heavy atom. The predicted octanol–water partition coefficient (Wildman–Crippen LogP) is 8.28. The molecule has 0 bridgehead atoms. The average Bonchev–Trinajstić information content (AvgIpc) is 3.13. The number of aryl methyl sites for hydroxylation is 1. The van der Waals surface area contributed by atoms with Crippen molar-refractivity contribution in [2.75, 3.05) is 13.1 Å². The van der Waals surface area contributed by atoms with E-state index in [2.05, 4.69) is 39.3 Å². The van der Waals surface area contributed by atoms with E-state index < -0.39 is 6.00 Å². The summed E-state index contributed by atoms with van der Waals surface area (Å²) in [4.78, 5) is 0. The van der Waals surface area contributed by atoms with Crippen LogP contribution in [0.1, 0.15) is 77.0 Å². The Kier molecular flexibility index (Phi) is 15.6. The molecule has 0 aromatic carbocycles. The van der Waals surface area contributed by atoms with Crippen molar-refractivity contribution in [2.45, 2.75) is 89.6 Å². The lowest BCUT2D eigenvalue weighted by Gasteiger charge is -2.06. The van der Waals surface area contributed by atoms with Gasteiger partial charge in [0.2, 0.25) is 0 Å². The van der Waals surface area contributed by atoms with Crippen LogP contribution in [0, 0.1) is 0 Å². The van der Waals surface area contributed by atoms with Crippen molar-refractivity contribution in [2.24, 2.45) is 10.2 Å². The lowest BCUT2D eigenvalue weighted by molar-refractivity contribution is 0.566. The minimum Gasteiger partial charge on any atom is -0.354 e. The molecular formula is C20H36Cl3N3Si. The van der Waals surface area contributed by atoms with Gasteiger partial charge in [0.15, 0.2) is 0 Å². The van der Waals surface area contributed by atoms with Crippen LogP contribution >= 0.6 is 33.2 Å². The Labute approximate surface area is 181 Å². The van der Waals surface area contributed by atoms with E-state index >= 15 is 0 Å². The molecule has 0 atom stereocenters. The maximum Gasteiger partial charge on any atom is 0.341 e. The standard InChI is InChI=1S/C20H36Cl3N3Si/c21-27(22,23)20-14-8-4-2-1-3-5-9-15-24-25-16-10-6-7-11-17-26-18-12-13-19-26/h12-13,18-19H,1-11,14-17,20H2. The zero-order valence-electron chi connectivity index (χ0n) is 16.6. The normalized spacial score (nSPS) is 12.3. The van der Waals surface area contributed by atoms with Gasteiger partial charge in [-0.15, -0.1) is 33.2 Å². The van der Waals surface area contributed by atoms with Crippen LogP contribution in [-0.2, 0) is 6.54 Å². The summed E-state index contributed by atoms with van der Waals surface area (Å²) in [6, 6.07) is 2.59. The van der Waals surface area contributed by atoms with Gasteiger partial charge in [-0.25, -0.2) is 0 Å². The molecule has 0 amide bonds. The molecule has 27 heavy (non-hydrogen) atoms. The van der Waals surface area contributed by atoms with Gasteiger partial charge in [-0.2, -0.15) is 10.2 Å². The third-order valence-electron chi connectivity index (χ3n) is 4.66. The number of hydrogen-bond donors (Lipinski definition) is 0. The van der Waals surface area contributed by atoms with Crippen LogP contribution in [-0.4, -0.2) is 23.7 Å². The number of aromatic nitrogens is 1. The van der Waals surface area contributed by atoms with Gasteiger partial charge in [-0.05, 0) is 37.4 Å². The van der Waals surface area contributed by atoms with E-state index in [1.165, 1.54) is 64.2 Å². The average molecular weight is 453 g/mol. The van der Waals surface area contributed by atoms with Crippen LogP contribution in [0.4, 0.5) is 0 Å². The van der Waals surface area contributed by atoms with Crippen molar-refractivity contribution in [1.29, 1.82) is 0 Å². The summed E-state index contributed by atoms with van der Waals surface area (Å²) in [5.74, 6) is 0. The molecule has 1 heterocycles. The molecule has 0 saturated carbocycles. The molecule has 0 saturated heterocycles. The number of hydrogen-bond acceptors (Lipinski definition) is 2. The molecule has 1 rings (SSSR count). The Balaban J connectivity index is 1.73. The Hall–Kier alpha value is -0.0331. The van der Waals surface area contributed by atoms with Crippen molar-refractivity contribution < 1.29 is 0 Å². The monoisotopic (exact) mass is 451 g/mol. The molecule has 0 aliphatic carbocycles. The van der Waals surface area contributed by atoms with Crippen LogP contribution in [0.15, 0.2) is 34.8 Å². The number of halogens is 3. The summed E-state index contributed by atoms with van der Waals surface area (Å²) in [5.41, 5.74) is 0. The fraction of sp³-hybridized carbons (Fsp3) is 0.800. The van der Waals surface area contributed by atoms with Gasteiger partial charge in [0, 0.05) is 18.9 Å². The summed E-state index contributed by atoms with van der Waals surface area (Å²) in [6.45, 7) is 2.91. The van der Waals surface area contributed by atoms with E-state index in [4.69, 9.17) is 33.2 Å². The second kappa shape index (κ2) is 16.9. The van der Waals surface area contributed by atoms with E-state index in [1.807, 2.05) is 0 Å². The van der Waals surface area contributed by atoms with Gasteiger partial charge in [-0.1, -0.05) is 57.8 Å². The van der Waals surface area contributed by atoms with E-state index in [1.54, 1.807) is 0 Å². The van der Waals surface area contributed by atoms with Crippen molar-refractivity contribution in [1.82, 2.24) is 4.57 Å². The fourth-order valence-electron chi connectivity index (χ4n) is 3.06.